The van der Waals surface area contributed by atoms with Crippen molar-refractivity contribution in [1.29, 1.82) is 0 Å². The fourth-order valence-corrected chi connectivity index (χ4v) is 5.76. The SMILES string of the molecule is C1=Cc2c(cccc2CN[C@@H](c2ccccc2)[C@@H](NCc2cccc3ccccc23)c2ccccc2)CC1. The second-order valence-electron chi connectivity index (χ2n) is 10.1. The molecule has 2 heteroatoms. The number of fused-ring (bicyclic) bond motifs is 2. The summed E-state index contributed by atoms with van der Waals surface area (Å²) in [7, 11) is 0. The Kier molecular flexibility index (Phi) is 7.44. The predicted molar refractivity (Wildman–Crippen MR) is 160 cm³/mol. The molecular formula is C36H34N2. The van der Waals surface area contributed by atoms with Gasteiger partial charge in [-0.3, -0.25) is 0 Å². The first-order chi connectivity index (χ1) is 18.9. The number of hydrogen-bond acceptors (Lipinski definition) is 2. The van der Waals surface area contributed by atoms with E-state index in [2.05, 4.69) is 144 Å². The molecule has 0 saturated heterocycles. The van der Waals surface area contributed by atoms with Crippen LogP contribution in [0.2, 0.25) is 0 Å². The van der Waals surface area contributed by atoms with Gasteiger partial charge in [-0.05, 0) is 57.0 Å². The molecule has 5 aromatic carbocycles. The van der Waals surface area contributed by atoms with E-state index in [4.69, 9.17) is 0 Å². The summed E-state index contributed by atoms with van der Waals surface area (Å²) in [5.74, 6) is 0. The number of rotatable bonds is 9. The largest absolute Gasteiger partial charge is 0.304 e. The van der Waals surface area contributed by atoms with Gasteiger partial charge in [0.1, 0.15) is 0 Å². The van der Waals surface area contributed by atoms with E-state index in [1.165, 1.54) is 44.2 Å². The van der Waals surface area contributed by atoms with Crippen LogP contribution in [0.3, 0.4) is 0 Å². The van der Waals surface area contributed by atoms with Crippen molar-refractivity contribution in [2.45, 2.75) is 38.0 Å². The summed E-state index contributed by atoms with van der Waals surface area (Å²) < 4.78 is 0. The molecular weight excluding hydrogens is 460 g/mol. The van der Waals surface area contributed by atoms with E-state index in [0.717, 1.165) is 25.9 Å². The van der Waals surface area contributed by atoms with E-state index in [1.807, 2.05) is 0 Å². The minimum atomic E-state index is 0.0904. The van der Waals surface area contributed by atoms with Gasteiger partial charge in [-0.2, -0.15) is 0 Å². The standard InChI is InChI=1S/C36H34N2/c1-3-15-29(16-4-1)35(37-25-31-21-11-19-27-13-7-9-23-33(27)31)36(30-17-5-2-6-18-30)38-26-32-22-12-20-28-14-8-10-24-34(28)32/h1-7,9-13,15-24,35-38H,8,14,25-26H2/t35-,36-/m0/s1. The number of aryl methyl sites for hydroxylation is 1. The molecule has 2 N–H and O–H groups in total. The monoisotopic (exact) mass is 494 g/mol. The minimum absolute atomic E-state index is 0.0904. The summed E-state index contributed by atoms with van der Waals surface area (Å²) in [6.07, 6.45) is 6.87. The molecule has 0 heterocycles. The third-order valence-corrected chi connectivity index (χ3v) is 7.71. The van der Waals surface area contributed by atoms with Crippen LogP contribution in [0.15, 0.2) is 127 Å². The molecule has 0 radical (unpaired) electrons. The lowest BCUT2D eigenvalue weighted by molar-refractivity contribution is 0.381. The van der Waals surface area contributed by atoms with E-state index < -0.39 is 0 Å². The van der Waals surface area contributed by atoms with Crippen LogP contribution in [-0.2, 0) is 19.5 Å². The molecule has 1 aliphatic rings. The average Bonchev–Trinajstić information content (AvgIpc) is 2.99. The van der Waals surface area contributed by atoms with Gasteiger partial charge in [-0.1, -0.05) is 133 Å². The van der Waals surface area contributed by atoms with Crippen molar-refractivity contribution < 1.29 is 0 Å². The number of benzene rings is 5. The van der Waals surface area contributed by atoms with Crippen LogP contribution < -0.4 is 10.6 Å². The minimum Gasteiger partial charge on any atom is -0.304 e. The van der Waals surface area contributed by atoms with Crippen LogP contribution in [0.25, 0.3) is 16.8 Å². The lowest BCUT2D eigenvalue weighted by Crippen LogP contribution is -2.35. The number of allylic oxidation sites excluding steroid dienone is 1. The Morgan fingerprint density at radius 1 is 0.553 bits per heavy atom. The topological polar surface area (TPSA) is 24.1 Å². The van der Waals surface area contributed by atoms with Gasteiger partial charge in [0.05, 0.1) is 12.1 Å². The second kappa shape index (κ2) is 11.6. The van der Waals surface area contributed by atoms with Crippen LogP contribution in [-0.4, -0.2) is 0 Å². The molecule has 0 amide bonds. The van der Waals surface area contributed by atoms with E-state index in [1.54, 1.807) is 0 Å². The fourth-order valence-electron chi connectivity index (χ4n) is 5.76. The van der Waals surface area contributed by atoms with Crippen LogP contribution in [0, 0.1) is 0 Å². The second-order valence-corrected chi connectivity index (χ2v) is 10.1. The maximum Gasteiger partial charge on any atom is 0.0521 e. The fraction of sp³-hybridized carbons (Fsp3) is 0.167. The van der Waals surface area contributed by atoms with Gasteiger partial charge < -0.3 is 10.6 Å². The first-order valence-electron chi connectivity index (χ1n) is 13.7. The van der Waals surface area contributed by atoms with Gasteiger partial charge >= 0.3 is 0 Å². The first-order valence-corrected chi connectivity index (χ1v) is 13.7. The summed E-state index contributed by atoms with van der Waals surface area (Å²) in [6.45, 7) is 1.60. The Morgan fingerprint density at radius 2 is 1.13 bits per heavy atom. The third kappa shape index (κ3) is 5.33. The maximum atomic E-state index is 3.98. The molecule has 5 aromatic rings. The van der Waals surface area contributed by atoms with Gasteiger partial charge in [0.25, 0.3) is 0 Å². The summed E-state index contributed by atoms with van der Waals surface area (Å²) in [5, 5.41) is 10.5. The first kappa shape index (κ1) is 24.4. The maximum absolute atomic E-state index is 3.98. The van der Waals surface area contributed by atoms with Crippen molar-refractivity contribution in [3.8, 4) is 0 Å². The van der Waals surface area contributed by atoms with Crippen LogP contribution >= 0.6 is 0 Å². The zero-order chi connectivity index (χ0) is 25.6. The zero-order valence-corrected chi connectivity index (χ0v) is 21.7. The van der Waals surface area contributed by atoms with Gasteiger partial charge in [0.15, 0.2) is 0 Å². The smallest absolute Gasteiger partial charge is 0.0521 e. The van der Waals surface area contributed by atoms with Gasteiger partial charge in [0, 0.05) is 13.1 Å². The van der Waals surface area contributed by atoms with Crippen molar-refractivity contribution in [3.63, 3.8) is 0 Å². The lowest BCUT2D eigenvalue weighted by Gasteiger charge is -2.31. The third-order valence-electron chi connectivity index (χ3n) is 7.71. The lowest BCUT2D eigenvalue weighted by atomic mass is 9.91. The van der Waals surface area contributed by atoms with Crippen molar-refractivity contribution in [2.24, 2.45) is 0 Å². The quantitative estimate of drug-likeness (QED) is 0.216. The summed E-state index contributed by atoms with van der Waals surface area (Å²) >= 11 is 0. The Bertz CT molecular complexity index is 1520. The van der Waals surface area contributed by atoms with Crippen LogP contribution in [0.5, 0.6) is 0 Å². The molecule has 2 atom stereocenters. The van der Waals surface area contributed by atoms with Gasteiger partial charge in [0.2, 0.25) is 0 Å². The van der Waals surface area contributed by atoms with Crippen molar-refractivity contribution in [2.75, 3.05) is 0 Å². The van der Waals surface area contributed by atoms with E-state index >= 15 is 0 Å². The van der Waals surface area contributed by atoms with Gasteiger partial charge in [-0.15, -0.1) is 0 Å². The Morgan fingerprint density at radius 3 is 1.87 bits per heavy atom. The molecule has 0 unspecified atom stereocenters. The van der Waals surface area contributed by atoms with Crippen LogP contribution in [0.1, 0.15) is 51.9 Å². The highest BCUT2D eigenvalue weighted by Crippen LogP contribution is 2.31. The summed E-state index contributed by atoms with van der Waals surface area (Å²) in [4.78, 5) is 0. The predicted octanol–water partition coefficient (Wildman–Crippen LogP) is 8.16. The van der Waals surface area contributed by atoms with Crippen molar-refractivity contribution in [1.82, 2.24) is 10.6 Å². The highest BCUT2D eigenvalue weighted by atomic mass is 15.0. The van der Waals surface area contributed by atoms with E-state index in [-0.39, 0.29) is 12.1 Å². The number of nitrogens with one attached hydrogen (secondary N) is 2. The Balaban J connectivity index is 1.34. The molecule has 0 aliphatic heterocycles. The molecule has 1 aliphatic carbocycles. The molecule has 6 rings (SSSR count). The summed E-state index contributed by atoms with van der Waals surface area (Å²) in [6, 6.07) is 43.9. The molecule has 0 bridgehead atoms. The van der Waals surface area contributed by atoms with Gasteiger partial charge in [-0.25, -0.2) is 0 Å². The van der Waals surface area contributed by atoms with Crippen molar-refractivity contribution in [3.05, 3.63) is 161 Å². The van der Waals surface area contributed by atoms with Crippen molar-refractivity contribution >= 4 is 16.8 Å². The molecule has 0 fully saturated rings. The normalized spacial score (nSPS) is 14.2. The van der Waals surface area contributed by atoms with Crippen LogP contribution in [0.4, 0.5) is 0 Å². The Hall–Kier alpha value is -3.98. The van der Waals surface area contributed by atoms with E-state index in [0.29, 0.717) is 0 Å². The highest BCUT2D eigenvalue weighted by molar-refractivity contribution is 5.85. The molecule has 2 nitrogen and oxygen atoms in total. The summed E-state index contributed by atoms with van der Waals surface area (Å²) in [5.41, 5.74) is 8.09. The highest BCUT2D eigenvalue weighted by Gasteiger charge is 2.25. The molecule has 188 valence electrons. The Labute approximate surface area is 226 Å². The number of hydrogen-bond donors (Lipinski definition) is 2. The molecule has 38 heavy (non-hydrogen) atoms. The zero-order valence-electron chi connectivity index (χ0n) is 21.7. The molecule has 0 aromatic heterocycles. The van der Waals surface area contributed by atoms with E-state index in [9.17, 15) is 0 Å². The average molecular weight is 495 g/mol. The molecule has 0 saturated carbocycles. The molecule has 0 spiro atoms.